The summed E-state index contributed by atoms with van der Waals surface area (Å²) in [5.74, 6) is -2.51. The van der Waals surface area contributed by atoms with Crippen LogP contribution in [0.4, 0.5) is 0 Å². The maximum atomic E-state index is 13.7. The number of unbranched alkanes of at least 4 members (excludes halogenated alkanes) is 7. The highest BCUT2D eigenvalue weighted by Gasteiger charge is 2.32. The first kappa shape index (κ1) is 47.3. The van der Waals surface area contributed by atoms with Gasteiger partial charge in [-0.2, -0.15) is 0 Å². The van der Waals surface area contributed by atoms with Crippen molar-refractivity contribution >= 4 is 52.9 Å². The van der Waals surface area contributed by atoms with E-state index in [1.165, 1.54) is 12.8 Å². The maximum Gasteiger partial charge on any atom is 0.243 e. The summed E-state index contributed by atoms with van der Waals surface area (Å²) in [7, 11) is 0. The largest absolute Gasteiger partial charge is 0.370 e. The molecule has 0 rings (SSSR count). The quantitative estimate of drug-likeness (QED) is 0.0285. The third-order valence-corrected chi connectivity index (χ3v) is 8.44. The van der Waals surface area contributed by atoms with Crippen LogP contribution in [0.25, 0.3) is 0 Å². The number of guanidine groups is 2. The number of halogens is 1. The molecule has 0 aliphatic carbocycles. The van der Waals surface area contributed by atoms with Crippen LogP contribution in [0.2, 0.25) is 0 Å². The molecule has 0 heterocycles. The van der Waals surface area contributed by atoms with Crippen LogP contribution in [0.3, 0.4) is 0 Å². The number of carbonyl (C=O) groups is 5. The lowest BCUT2D eigenvalue weighted by Gasteiger charge is -2.28. The molecule has 0 unspecified atom stereocenters. The monoisotopic (exact) mass is 742 g/mol. The van der Waals surface area contributed by atoms with Crippen molar-refractivity contribution in [2.45, 2.75) is 141 Å². The van der Waals surface area contributed by atoms with Gasteiger partial charge in [-0.25, -0.2) is 0 Å². The van der Waals surface area contributed by atoms with Crippen molar-refractivity contribution in [1.29, 1.82) is 10.8 Å². The zero-order valence-corrected chi connectivity index (χ0v) is 31.6. The van der Waals surface area contributed by atoms with E-state index in [1.54, 1.807) is 13.8 Å². The van der Waals surface area contributed by atoms with Gasteiger partial charge in [0.2, 0.25) is 23.6 Å². The molecule has 4 amide bonds. The summed E-state index contributed by atoms with van der Waals surface area (Å²) in [5, 5.41) is 31.0. The highest BCUT2D eigenvalue weighted by Crippen LogP contribution is 2.11. The Kier molecular flexibility index (Phi) is 26.9. The van der Waals surface area contributed by atoms with Crippen molar-refractivity contribution in [3.05, 3.63) is 5.88 Å². The Morgan fingerprint density at radius 2 is 1.14 bits per heavy atom. The Bertz CT molecular complexity index is 1080. The molecule has 1 radical (unpaired) electrons. The highest BCUT2D eigenvalue weighted by atomic mass is 35.5. The molecule has 0 aliphatic heterocycles. The summed E-state index contributed by atoms with van der Waals surface area (Å²) in [5.41, 5.74) is 16.3. The minimum absolute atomic E-state index is 0.205. The topological polar surface area (TPSA) is 283 Å². The lowest BCUT2D eigenvalue weighted by atomic mass is 10.00. The summed E-state index contributed by atoms with van der Waals surface area (Å²) in [6.07, 6.45) is 10.2. The van der Waals surface area contributed by atoms with Crippen molar-refractivity contribution in [2.24, 2.45) is 23.1 Å². The summed E-state index contributed by atoms with van der Waals surface area (Å²) in [6, 6.07) is -4.00. The van der Waals surface area contributed by atoms with Gasteiger partial charge in [0.15, 0.2) is 17.7 Å². The van der Waals surface area contributed by atoms with Gasteiger partial charge in [-0.15, -0.1) is 11.6 Å². The molecule has 0 aromatic carbocycles. The molecule has 17 heteroatoms. The fourth-order valence-corrected chi connectivity index (χ4v) is 5.43. The molecule has 0 aliphatic rings. The molecule has 16 nitrogen and oxygen atoms in total. The summed E-state index contributed by atoms with van der Waals surface area (Å²) >= 11 is 5.68. The Labute approximate surface area is 309 Å². The van der Waals surface area contributed by atoms with Crippen LogP contribution in [0, 0.1) is 22.6 Å². The van der Waals surface area contributed by atoms with Crippen LogP contribution in [0.5, 0.6) is 0 Å². The second-order valence-corrected chi connectivity index (χ2v) is 13.3. The number of hydrogen-bond donors (Lipinski definition) is 11. The normalized spacial score (nSPS) is 13.3. The van der Waals surface area contributed by atoms with E-state index in [4.69, 9.17) is 39.6 Å². The van der Waals surface area contributed by atoms with E-state index in [1.807, 2.05) is 0 Å². The molecule has 51 heavy (non-hydrogen) atoms. The minimum Gasteiger partial charge on any atom is -0.370 e. The summed E-state index contributed by atoms with van der Waals surface area (Å²) < 4.78 is 0. The van der Waals surface area contributed by atoms with Crippen LogP contribution in [0.15, 0.2) is 0 Å². The van der Waals surface area contributed by atoms with Crippen molar-refractivity contribution in [3.63, 3.8) is 0 Å². The minimum atomic E-state index is -1.05. The van der Waals surface area contributed by atoms with Crippen molar-refractivity contribution in [2.75, 3.05) is 19.6 Å². The standard InChI is InChI=1S/C34H65ClN11O5/c1-4-5-6-7-8-9-10-18-28(48)43-25(17-14-21-42-34(39)40)31(50)46-29(23(2)3)32(51)45-26(15-11-12-19-36)30(49)44-24(27(47)22-35)16-13-20-41-33(37)38/h22-26,29H,4-21,36H2,1-3H3,(H,43,48)(H,44,49)(H,45,51)(H,46,50)(H4,37,38,41)(H4,39,40,42)/t24-,25-,26-,29-/m0/s1. The van der Waals surface area contributed by atoms with Crippen molar-refractivity contribution in [1.82, 2.24) is 31.9 Å². The van der Waals surface area contributed by atoms with E-state index in [0.717, 1.165) is 31.6 Å². The number of amides is 4. The Balaban J connectivity index is 5.73. The Morgan fingerprint density at radius 3 is 1.67 bits per heavy atom. The van der Waals surface area contributed by atoms with Crippen molar-refractivity contribution in [3.8, 4) is 0 Å². The molecule has 0 fully saturated rings. The third-order valence-electron chi connectivity index (χ3n) is 8.22. The molecular weight excluding hydrogens is 678 g/mol. The fourth-order valence-electron chi connectivity index (χ4n) is 5.28. The van der Waals surface area contributed by atoms with E-state index in [9.17, 15) is 24.0 Å². The van der Waals surface area contributed by atoms with Crippen LogP contribution in [0.1, 0.15) is 117 Å². The van der Waals surface area contributed by atoms with Gasteiger partial charge < -0.3 is 49.1 Å². The molecule has 0 aromatic rings. The predicted octanol–water partition coefficient (Wildman–Crippen LogP) is 1.35. The van der Waals surface area contributed by atoms with E-state index in [2.05, 4.69) is 38.8 Å². The van der Waals surface area contributed by atoms with Crippen LogP contribution >= 0.6 is 11.6 Å². The van der Waals surface area contributed by atoms with E-state index in [0.29, 0.717) is 51.7 Å². The number of rotatable bonds is 30. The van der Waals surface area contributed by atoms with Gasteiger partial charge in [0.1, 0.15) is 24.0 Å². The zero-order valence-electron chi connectivity index (χ0n) is 30.8. The summed E-state index contributed by atoms with van der Waals surface area (Å²) in [4.78, 5) is 66.1. The number of hydrogen-bond acceptors (Lipinski definition) is 8. The zero-order chi connectivity index (χ0) is 38.6. The highest BCUT2D eigenvalue weighted by molar-refractivity contribution is 6.35. The molecule has 0 bridgehead atoms. The predicted molar refractivity (Wildman–Crippen MR) is 202 cm³/mol. The Hall–Kier alpha value is -3.66. The molecule has 293 valence electrons. The smallest absolute Gasteiger partial charge is 0.243 e. The number of ketones is 1. The molecule has 14 N–H and O–H groups in total. The SMILES string of the molecule is CCCCCCCCCC(=O)N[C@@H](CCCNC(=N)N)C(=O)N[C@H](C(=O)N[C@@H](CCCCN)C(=O)N[C@@H](CCCNC(=N)N)C(=O)[CH]Cl)C(C)C. The number of nitrogens with one attached hydrogen (secondary N) is 8. The van der Waals surface area contributed by atoms with Gasteiger partial charge in [0.25, 0.3) is 0 Å². The average Bonchev–Trinajstić information content (AvgIpc) is 3.07. The fraction of sp³-hybridized carbons (Fsp3) is 0.765. The van der Waals surface area contributed by atoms with Gasteiger partial charge in [0, 0.05) is 19.5 Å². The number of Topliss-reactive ketones (excluding diaryl/α,β-unsaturated/α-hetero) is 1. The van der Waals surface area contributed by atoms with Gasteiger partial charge in [-0.05, 0) is 63.8 Å². The first-order valence-electron chi connectivity index (χ1n) is 18.3. The molecule has 0 saturated carbocycles. The van der Waals surface area contributed by atoms with E-state index < -0.39 is 47.7 Å². The average molecular weight is 743 g/mol. The van der Waals surface area contributed by atoms with Gasteiger partial charge in [0.05, 0.1) is 6.04 Å². The van der Waals surface area contributed by atoms with E-state index in [-0.39, 0.29) is 49.4 Å². The molecular formula is C34H65ClN11O5. The molecule has 0 saturated heterocycles. The van der Waals surface area contributed by atoms with Crippen LogP contribution in [-0.4, -0.2) is 85.1 Å². The number of nitrogens with two attached hydrogens (primary N) is 3. The lowest BCUT2D eigenvalue weighted by molar-refractivity contribution is -0.135. The lowest BCUT2D eigenvalue weighted by Crippen LogP contribution is -2.59. The first-order chi connectivity index (χ1) is 24.3. The first-order valence-corrected chi connectivity index (χ1v) is 18.7. The molecule has 0 spiro atoms. The van der Waals surface area contributed by atoms with Gasteiger partial charge >= 0.3 is 0 Å². The van der Waals surface area contributed by atoms with E-state index >= 15 is 0 Å². The molecule has 0 aromatic heterocycles. The second-order valence-electron chi connectivity index (χ2n) is 13.1. The second kappa shape index (κ2) is 29.0. The Morgan fingerprint density at radius 1 is 0.647 bits per heavy atom. The van der Waals surface area contributed by atoms with Gasteiger partial charge in [-0.3, -0.25) is 34.8 Å². The van der Waals surface area contributed by atoms with Crippen LogP contribution < -0.4 is 49.1 Å². The maximum absolute atomic E-state index is 13.7. The number of carbonyl (C=O) groups excluding carboxylic acids is 5. The molecule has 4 atom stereocenters. The van der Waals surface area contributed by atoms with Crippen LogP contribution in [-0.2, 0) is 24.0 Å². The van der Waals surface area contributed by atoms with Crippen molar-refractivity contribution < 1.29 is 24.0 Å². The van der Waals surface area contributed by atoms with Gasteiger partial charge in [-0.1, -0.05) is 59.3 Å². The third kappa shape index (κ3) is 23.4. The summed E-state index contributed by atoms with van der Waals surface area (Å²) in [6.45, 7) is 6.66.